The van der Waals surface area contributed by atoms with Gasteiger partial charge in [-0.1, -0.05) is 6.07 Å². The third-order valence-electron chi connectivity index (χ3n) is 6.98. The molecule has 1 aliphatic heterocycles. The van der Waals surface area contributed by atoms with Crippen molar-refractivity contribution in [3.8, 4) is 5.75 Å². The van der Waals surface area contributed by atoms with Crippen LogP contribution in [-0.4, -0.2) is 82.4 Å². The van der Waals surface area contributed by atoms with Crippen LogP contribution in [0.4, 0.5) is 20.2 Å². The summed E-state index contributed by atoms with van der Waals surface area (Å²) in [6, 6.07) is 14.6. The number of benzene rings is 3. The van der Waals surface area contributed by atoms with Crippen molar-refractivity contribution >= 4 is 33.2 Å². The lowest BCUT2D eigenvalue weighted by Crippen LogP contribution is -2.54. The van der Waals surface area contributed by atoms with Crippen LogP contribution in [0.1, 0.15) is 5.56 Å². The van der Waals surface area contributed by atoms with Crippen molar-refractivity contribution in [2.75, 3.05) is 57.5 Å². The van der Waals surface area contributed by atoms with Crippen molar-refractivity contribution in [1.29, 1.82) is 0 Å². The maximum absolute atomic E-state index is 13.9. The average Bonchev–Trinajstić information content (AvgIpc) is 2.96. The fourth-order valence-electron chi connectivity index (χ4n) is 4.73. The van der Waals surface area contributed by atoms with Gasteiger partial charge >= 0.3 is 0 Å². The molecule has 0 spiro atoms. The van der Waals surface area contributed by atoms with Gasteiger partial charge in [0.15, 0.2) is 0 Å². The number of nitrogens with zero attached hydrogens (tertiary/aromatic N) is 3. The number of likely N-dealkylation sites (N-methyl/N-ethyl adjacent to an activating group) is 1. The van der Waals surface area contributed by atoms with Crippen LogP contribution in [0.3, 0.4) is 0 Å². The van der Waals surface area contributed by atoms with Crippen molar-refractivity contribution in [2.45, 2.75) is 17.4 Å². The molecular formula is C29H33F2N5O5S. The van der Waals surface area contributed by atoms with Gasteiger partial charge in [0.1, 0.15) is 23.4 Å². The minimum absolute atomic E-state index is 0.0975. The molecule has 0 aliphatic carbocycles. The van der Waals surface area contributed by atoms with Gasteiger partial charge in [0.05, 0.1) is 18.6 Å². The molecule has 1 heterocycles. The summed E-state index contributed by atoms with van der Waals surface area (Å²) in [5.74, 6) is -1.97. The molecule has 1 aliphatic rings. The number of rotatable bonds is 10. The molecule has 0 aromatic heterocycles. The number of nitrogen functional groups attached to an aromatic ring is 1. The number of piperazine rings is 1. The molecule has 0 unspecified atom stereocenters. The summed E-state index contributed by atoms with van der Waals surface area (Å²) < 4.78 is 60.3. The number of amides is 2. The van der Waals surface area contributed by atoms with Crippen molar-refractivity contribution in [3.05, 3.63) is 83.9 Å². The van der Waals surface area contributed by atoms with E-state index in [-0.39, 0.29) is 49.6 Å². The Morgan fingerprint density at radius 3 is 2.24 bits per heavy atom. The SMILES string of the molecule is COc1ccc(N(C)C(=O)[C@H](Cc2cc(F)cc(F)c2)NC(=O)CN2CCN(S(=O)(=O)c3cccc(N)c3)CC2)cc1. The Balaban J connectivity index is 1.43. The molecule has 3 N–H and O–H groups in total. The Morgan fingerprint density at radius 2 is 1.64 bits per heavy atom. The predicted octanol–water partition coefficient (Wildman–Crippen LogP) is 2.25. The Hall–Kier alpha value is -4.07. The first-order chi connectivity index (χ1) is 20.0. The molecule has 1 fully saturated rings. The van der Waals surface area contributed by atoms with E-state index in [0.29, 0.717) is 17.1 Å². The monoisotopic (exact) mass is 601 g/mol. The molecule has 10 nitrogen and oxygen atoms in total. The van der Waals surface area contributed by atoms with E-state index in [1.54, 1.807) is 41.3 Å². The summed E-state index contributed by atoms with van der Waals surface area (Å²) in [5, 5.41) is 2.71. The number of carbonyl (C=O) groups excluding carboxylic acids is 2. The van der Waals surface area contributed by atoms with Gasteiger partial charge in [0.2, 0.25) is 21.8 Å². The molecule has 1 saturated heterocycles. The lowest BCUT2D eigenvalue weighted by atomic mass is 10.0. The molecule has 224 valence electrons. The first kappa shape index (κ1) is 30.9. The Bertz CT molecular complexity index is 1510. The molecule has 3 aromatic rings. The second-order valence-corrected chi connectivity index (χ2v) is 11.9. The van der Waals surface area contributed by atoms with E-state index in [2.05, 4.69) is 5.32 Å². The van der Waals surface area contributed by atoms with Gasteiger partial charge in [0.25, 0.3) is 0 Å². The summed E-state index contributed by atoms with van der Waals surface area (Å²) in [5.41, 5.74) is 6.82. The standard InChI is InChI=1S/C29H33F2N5O5S/c1-34(24-6-8-25(41-2)9-7-24)29(38)27(16-20-14-21(30)17-22(31)15-20)33-28(37)19-35-10-12-36(13-11-35)42(39,40)26-5-3-4-23(32)18-26/h3-9,14-15,17-18,27H,10-13,16,19,32H2,1-2H3,(H,33,37)/t27-/m0/s1. The number of hydrogen-bond donors (Lipinski definition) is 2. The van der Waals surface area contributed by atoms with Crippen LogP contribution >= 0.6 is 0 Å². The quantitative estimate of drug-likeness (QED) is 0.342. The average molecular weight is 602 g/mol. The summed E-state index contributed by atoms with van der Waals surface area (Å²) in [7, 11) is -0.685. The van der Waals surface area contributed by atoms with E-state index in [1.165, 1.54) is 35.5 Å². The van der Waals surface area contributed by atoms with Crippen LogP contribution in [0.5, 0.6) is 5.75 Å². The van der Waals surface area contributed by atoms with E-state index in [1.807, 2.05) is 0 Å². The van der Waals surface area contributed by atoms with Crippen LogP contribution in [0, 0.1) is 11.6 Å². The first-order valence-corrected chi connectivity index (χ1v) is 14.6. The fourth-order valence-corrected chi connectivity index (χ4v) is 6.20. The Morgan fingerprint density at radius 1 is 1.00 bits per heavy atom. The number of carbonyl (C=O) groups is 2. The summed E-state index contributed by atoms with van der Waals surface area (Å²) in [4.78, 5) is 29.8. The first-order valence-electron chi connectivity index (χ1n) is 13.2. The number of nitrogens with one attached hydrogen (secondary N) is 1. The second-order valence-electron chi connectivity index (χ2n) is 9.95. The highest BCUT2D eigenvalue weighted by atomic mass is 32.2. The number of methoxy groups -OCH3 is 1. The second kappa shape index (κ2) is 13.3. The zero-order chi connectivity index (χ0) is 30.4. The summed E-state index contributed by atoms with van der Waals surface area (Å²) in [6.45, 7) is 0.799. The Kier molecular flexibility index (Phi) is 9.76. The molecule has 0 bridgehead atoms. The number of nitrogens with two attached hydrogens (primary N) is 1. The van der Waals surface area contributed by atoms with Crippen molar-refractivity contribution in [1.82, 2.24) is 14.5 Å². The summed E-state index contributed by atoms with van der Waals surface area (Å²) in [6.07, 6.45) is -0.147. The highest BCUT2D eigenvalue weighted by Gasteiger charge is 2.31. The lowest BCUT2D eigenvalue weighted by molar-refractivity contribution is -0.128. The molecule has 42 heavy (non-hydrogen) atoms. The van der Waals surface area contributed by atoms with E-state index >= 15 is 0 Å². The number of hydrogen-bond acceptors (Lipinski definition) is 7. The van der Waals surface area contributed by atoms with Gasteiger partial charge in [-0.15, -0.1) is 0 Å². The van der Waals surface area contributed by atoms with Crippen molar-refractivity contribution in [3.63, 3.8) is 0 Å². The van der Waals surface area contributed by atoms with E-state index in [0.717, 1.165) is 18.2 Å². The van der Waals surface area contributed by atoms with Crippen LogP contribution in [0.25, 0.3) is 0 Å². The molecule has 3 aromatic carbocycles. The number of ether oxygens (including phenoxy) is 1. The van der Waals surface area contributed by atoms with Gasteiger partial charge in [-0.05, 0) is 60.2 Å². The maximum Gasteiger partial charge on any atom is 0.249 e. The zero-order valence-corrected chi connectivity index (χ0v) is 24.1. The third-order valence-corrected chi connectivity index (χ3v) is 8.87. The van der Waals surface area contributed by atoms with Gasteiger partial charge in [-0.25, -0.2) is 17.2 Å². The predicted molar refractivity (Wildman–Crippen MR) is 154 cm³/mol. The zero-order valence-electron chi connectivity index (χ0n) is 23.3. The van der Waals surface area contributed by atoms with Gasteiger partial charge < -0.3 is 20.7 Å². The highest BCUT2D eigenvalue weighted by Crippen LogP contribution is 2.21. The minimum atomic E-state index is -3.74. The highest BCUT2D eigenvalue weighted by molar-refractivity contribution is 7.89. The minimum Gasteiger partial charge on any atom is -0.497 e. The smallest absolute Gasteiger partial charge is 0.249 e. The molecule has 4 rings (SSSR count). The number of sulfonamides is 1. The molecule has 13 heteroatoms. The molecule has 0 radical (unpaired) electrons. The maximum atomic E-state index is 13.9. The topological polar surface area (TPSA) is 125 Å². The van der Waals surface area contributed by atoms with Crippen LogP contribution in [-0.2, 0) is 26.0 Å². The van der Waals surface area contributed by atoms with E-state index < -0.39 is 39.5 Å². The third kappa shape index (κ3) is 7.60. The lowest BCUT2D eigenvalue weighted by Gasteiger charge is -2.34. The molecule has 0 saturated carbocycles. The molecular weight excluding hydrogens is 568 g/mol. The van der Waals surface area contributed by atoms with Gasteiger partial charge in [-0.3, -0.25) is 14.5 Å². The number of halogens is 2. The van der Waals surface area contributed by atoms with Crippen molar-refractivity contribution < 1.29 is 31.5 Å². The largest absolute Gasteiger partial charge is 0.497 e. The van der Waals surface area contributed by atoms with E-state index in [4.69, 9.17) is 10.5 Å². The van der Waals surface area contributed by atoms with Crippen LogP contribution in [0.2, 0.25) is 0 Å². The number of anilines is 2. The van der Waals surface area contributed by atoms with E-state index in [9.17, 15) is 26.8 Å². The van der Waals surface area contributed by atoms with Crippen molar-refractivity contribution in [2.24, 2.45) is 0 Å². The van der Waals surface area contributed by atoms with Gasteiger partial charge in [-0.2, -0.15) is 4.31 Å². The fraction of sp³-hybridized carbons (Fsp3) is 0.310. The Labute approximate surface area is 243 Å². The summed E-state index contributed by atoms with van der Waals surface area (Å²) >= 11 is 0. The van der Waals surface area contributed by atoms with Crippen LogP contribution in [0.15, 0.2) is 71.6 Å². The van der Waals surface area contributed by atoms with Gasteiger partial charge in [0, 0.05) is 57.1 Å². The normalized spacial score (nSPS) is 15.1. The van der Waals surface area contributed by atoms with Crippen LogP contribution < -0.4 is 20.7 Å². The molecule has 2 amide bonds. The molecule has 1 atom stereocenters.